The smallest absolute Gasteiger partial charge is 0.503 e. The maximum absolute atomic E-state index is 13.9. The molecule has 0 fully saturated rings. The van der Waals surface area contributed by atoms with Crippen molar-refractivity contribution in [3.05, 3.63) is 151 Å². The molecule has 13 heteroatoms. The quantitative estimate of drug-likeness (QED) is 0.0817. The zero-order chi connectivity index (χ0) is 34.9. The van der Waals surface area contributed by atoms with Gasteiger partial charge in [-0.25, -0.2) is 27.5 Å². The van der Waals surface area contributed by atoms with Crippen molar-refractivity contribution in [1.29, 1.82) is 0 Å². The van der Waals surface area contributed by atoms with Crippen LogP contribution < -0.4 is 9.47 Å². The van der Waals surface area contributed by atoms with Crippen LogP contribution in [0.4, 0.5) is 17.6 Å². The first kappa shape index (κ1) is 37.5. The van der Waals surface area contributed by atoms with Gasteiger partial charge in [0, 0.05) is 47.8 Å². The summed E-state index contributed by atoms with van der Waals surface area (Å²) in [7, 11) is 0. The number of pyridine rings is 2. The van der Waals surface area contributed by atoms with Crippen LogP contribution in [-0.4, -0.2) is 24.5 Å². The summed E-state index contributed by atoms with van der Waals surface area (Å²) in [5.74, 6) is 0.823. The number of aromatic nitrogens is 5. The minimum atomic E-state index is -2.75. The number of rotatable bonds is 9. The number of hydrogen-bond donors (Lipinski definition) is 0. The van der Waals surface area contributed by atoms with E-state index in [0.717, 1.165) is 10.8 Å². The number of ether oxygens (including phenoxy) is 2. The third-order valence-corrected chi connectivity index (χ3v) is 7.84. The number of halogens is 4. The SMILES string of the molecule is FC(F)c1cc(Oc2[c-]c3c(cc2)c2ccc(Oc4[c-]c(-c5ccccn5)cc(C(F)F)c4)[c-]c2n3-c2ncccn2)[c-]c(-c2ccccn2)c1.[Pd+2].[Pd+2]. The number of alkyl halides is 4. The summed E-state index contributed by atoms with van der Waals surface area (Å²) in [4.78, 5) is 17.4. The van der Waals surface area contributed by atoms with Crippen LogP contribution in [0.5, 0.6) is 23.0 Å². The Morgan fingerprint density at radius 1 is 0.491 bits per heavy atom. The molecule has 0 aliphatic carbocycles. The van der Waals surface area contributed by atoms with Gasteiger partial charge in [0.1, 0.15) is 0 Å². The van der Waals surface area contributed by atoms with Gasteiger partial charge in [0.15, 0.2) is 0 Å². The van der Waals surface area contributed by atoms with Crippen molar-refractivity contribution in [3.8, 4) is 51.5 Å². The summed E-state index contributed by atoms with van der Waals surface area (Å²) in [6.07, 6.45) is 0.784. The summed E-state index contributed by atoms with van der Waals surface area (Å²) >= 11 is 0. The molecule has 0 amide bonds. The first-order valence-corrected chi connectivity index (χ1v) is 15.5. The van der Waals surface area contributed by atoms with Crippen LogP contribution in [0.2, 0.25) is 0 Å². The Kier molecular flexibility index (Phi) is 11.4. The van der Waals surface area contributed by atoms with Gasteiger partial charge in [-0.05, 0) is 29.6 Å². The third kappa shape index (κ3) is 7.90. The van der Waals surface area contributed by atoms with Gasteiger partial charge >= 0.3 is 40.8 Å². The normalized spacial score (nSPS) is 11.1. The molecular formula is C40H21F4N5O2Pd2. The van der Waals surface area contributed by atoms with Crippen molar-refractivity contribution in [2.75, 3.05) is 0 Å². The zero-order valence-corrected chi connectivity index (χ0v) is 29.9. The van der Waals surface area contributed by atoms with E-state index in [1.165, 1.54) is 24.3 Å². The summed E-state index contributed by atoms with van der Waals surface area (Å²) < 4.78 is 69.5. The van der Waals surface area contributed by atoms with Crippen LogP contribution in [0, 0.1) is 24.3 Å². The predicted octanol–water partition coefficient (Wildman–Crippen LogP) is 10.4. The van der Waals surface area contributed by atoms with Crippen LogP contribution in [0.15, 0.2) is 116 Å². The first-order valence-electron chi connectivity index (χ1n) is 15.5. The molecule has 0 N–H and O–H groups in total. The van der Waals surface area contributed by atoms with E-state index in [4.69, 9.17) is 9.47 Å². The van der Waals surface area contributed by atoms with E-state index < -0.39 is 12.9 Å². The van der Waals surface area contributed by atoms with Crippen molar-refractivity contribution in [1.82, 2.24) is 24.5 Å². The number of benzene rings is 4. The number of hydrogen-bond acceptors (Lipinski definition) is 6. The Labute approximate surface area is 328 Å². The average molecular weight is 892 g/mol. The van der Waals surface area contributed by atoms with E-state index in [1.807, 2.05) is 0 Å². The maximum atomic E-state index is 13.9. The molecule has 0 aliphatic heterocycles. The molecule has 0 atom stereocenters. The fourth-order valence-electron chi connectivity index (χ4n) is 5.60. The van der Waals surface area contributed by atoms with Crippen molar-refractivity contribution in [2.24, 2.45) is 0 Å². The van der Waals surface area contributed by atoms with E-state index in [9.17, 15) is 17.6 Å². The zero-order valence-electron chi connectivity index (χ0n) is 26.8. The van der Waals surface area contributed by atoms with Crippen molar-refractivity contribution in [2.45, 2.75) is 12.9 Å². The Morgan fingerprint density at radius 2 is 0.943 bits per heavy atom. The van der Waals surface area contributed by atoms with Gasteiger partial charge in [-0.1, -0.05) is 70.7 Å². The van der Waals surface area contributed by atoms with Gasteiger partial charge in [0.25, 0.3) is 0 Å². The van der Waals surface area contributed by atoms with Gasteiger partial charge in [0.2, 0.25) is 18.8 Å². The van der Waals surface area contributed by atoms with Gasteiger partial charge in [-0.3, -0.25) is 0 Å². The molecule has 8 rings (SSSR count). The third-order valence-electron chi connectivity index (χ3n) is 7.84. The fraction of sp³-hybridized carbons (Fsp3) is 0.0500. The largest absolute Gasteiger partial charge is 2.00 e. The molecular weight excluding hydrogens is 871 g/mol. The van der Waals surface area contributed by atoms with Crippen molar-refractivity contribution < 1.29 is 67.9 Å². The van der Waals surface area contributed by atoms with Gasteiger partial charge in [0.05, 0.1) is 0 Å². The summed E-state index contributed by atoms with van der Waals surface area (Å²) in [6, 6.07) is 36.6. The van der Waals surface area contributed by atoms with E-state index in [-0.39, 0.29) is 80.9 Å². The molecule has 8 aromatic rings. The topological polar surface area (TPSA) is 75.0 Å². The van der Waals surface area contributed by atoms with E-state index >= 15 is 0 Å². The molecule has 0 bridgehead atoms. The minimum Gasteiger partial charge on any atom is -0.503 e. The molecule has 0 spiro atoms. The molecule has 266 valence electrons. The van der Waals surface area contributed by atoms with Crippen LogP contribution in [0.3, 0.4) is 0 Å². The number of fused-ring (bicyclic) bond motifs is 3. The summed E-state index contributed by atoms with van der Waals surface area (Å²) in [5, 5.41) is 1.46. The second-order valence-electron chi connectivity index (χ2n) is 11.2. The molecule has 4 aromatic carbocycles. The van der Waals surface area contributed by atoms with Gasteiger partial charge in [-0.15, -0.1) is 47.5 Å². The average Bonchev–Trinajstić information content (AvgIpc) is 3.48. The van der Waals surface area contributed by atoms with Crippen LogP contribution in [-0.2, 0) is 40.8 Å². The van der Waals surface area contributed by atoms with E-state index in [1.54, 1.807) is 96.1 Å². The Bertz CT molecular complexity index is 2350. The molecule has 0 saturated carbocycles. The van der Waals surface area contributed by atoms with Gasteiger partial charge < -0.3 is 24.0 Å². The molecule has 0 aliphatic rings. The molecule has 4 aromatic heterocycles. The van der Waals surface area contributed by atoms with Crippen LogP contribution >= 0.6 is 0 Å². The maximum Gasteiger partial charge on any atom is 2.00 e. The van der Waals surface area contributed by atoms with Crippen LogP contribution in [0.25, 0.3) is 50.3 Å². The molecule has 0 saturated heterocycles. The Morgan fingerprint density at radius 3 is 1.36 bits per heavy atom. The van der Waals surface area contributed by atoms with E-state index in [2.05, 4.69) is 44.2 Å². The van der Waals surface area contributed by atoms with E-state index in [0.29, 0.717) is 33.5 Å². The molecule has 4 heterocycles. The number of nitrogens with zero attached hydrogens (tertiary/aromatic N) is 5. The Hall–Kier alpha value is -5.30. The summed E-state index contributed by atoms with van der Waals surface area (Å²) in [5.41, 5.74) is 2.13. The fourth-order valence-corrected chi connectivity index (χ4v) is 5.60. The predicted molar refractivity (Wildman–Crippen MR) is 181 cm³/mol. The standard InChI is InChI=1S/C40H21F4N5O2.2Pd/c41-38(42)26-16-24(34-6-1-3-12-45-34)18-30(20-26)50-28-8-10-32-33-11-9-29(23-37(33)49(36(32)22-28)40-47-14-5-15-48-40)51-31-19-25(17-27(21-31)39(43)44)35-7-2-4-13-46-35;;/h1-17,20-21,38-39H;;/q-4;2*+2. The monoisotopic (exact) mass is 891 g/mol. The van der Waals surface area contributed by atoms with Crippen LogP contribution in [0.1, 0.15) is 24.0 Å². The Balaban J connectivity index is 0.00000240. The second kappa shape index (κ2) is 16.2. The molecule has 0 radical (unpaired) electrons. The molecule has 7 nitrogen and oxygen atoms in total. The van der Waals surface area contributed by atoms with Crippen molar-refractivity contribution >= 4 is 21.8 Å². The second-order valence-corrected chi connectivity index (χ2v) is 11.2. The van der Waals surface area contributed by atoms with Crippen molar-refractivity contribution in [3.63, 3.8) is 0 Å². The van der Waals surface area contributed by atoms with Gasteiger partial charge in [-0.2, -0.15) is 22.9 Å². The molecule has 0 unspecified atom stereocenters. The minimum absolute atomic E-state index is 0. The summed E-state index contributed by atoms with van der Waals surface area (Å²) in [6.45, 7) is 0. The molecule has 53 heavy (non-hydrogen) atoms. The first-order chi connectivity index (χ1) is 24.9.